The number of carbonyl (C=O) groups is 2. The van der Waals surface area contributed by atoms with Gasteiger partial charge in [-0.05, 0) is 55.5 Å². The monoisotopic (exact) mass is 489 g/mol. The minimum atomic E-state index is -0.628. The number of esters is 1. The van der Waals surface area contributed by atoms with E-state index in [-0.39, 0.29) is 30.2 Å². The summed E-state index contributed by atoms with van der Waals surface area (Å²) in [6.07, 6.45) is 2.62. The van der Waals surface area contributed by atoms with E-state index in [0.29, 0.717) is 41.9 Å². The van der Waals surface area contributed by atoms with Crippen LogP contribution in [0.1, 0.15) is 55.6 Å². The van der Waals surface area contributed by atoms with Crippen molar-refractivity contribution < 1.29 is 28.9 Å². The number of para-hydroxylation sites is 1. The van der Waals surface area contributed by atoms with Crippen molar-refractivity contribution in [2.24, 2.45) is 0 Å². The lowest BCUT2D eigenvalue weighted by molar-refractivity contribution is -0.142. The van der Waals surface area contributed by atoms with Crippen molar-refractivity contribution in [2.45, 2.75) is 50.5 Å². The highest BCUT2D eigenvalue weighted by molar-refractivity contribution is 6.04. The zero-order valence-corrected chi connectivity index (χ0v) is 20.6. The number of dihydropyridines is 1. The molecule has 1 fully saturated rings. The first-order valence-electron chi connectivity index (χ1n) is 12.4. The molecule has 5 rings (SSSR count). The summed E-state index contributed by atoms with van der Waals surface area (Å²) in [5.74, 6) is -0.361. The van der Waals surface area contributed by atoms with E-state index in [4.69, 9.17) is 14.2 Å². The fourth-order valence-corrected chi connectivity index (χ4v) is 5.59. The number of methoxy groups -OCH3 is 1. The summed E-state index contributed by atoms with van der Waals surface area (Å²) in [6, 6.07) is 14.5. The van der Waals surface area contributed by atoms with E-state index in [1.165, 1.54) is 0 Å². The number of allylic oxidation sites excluding steroid dienone is 3. The van der Waals surface area contributed by atoms with E-state index in [1.54, 1.807) is 25.3 Å². The summed E-state index contributed by atoms with van der Waals surface area (Å²) >= 11 is 0. The van der Waals surface area contributed by atoms with Crippen LogP contribution in [0.4, 0.5) is 0 Å². The van der Waals surface area contributed by atoms with Gasteiger partial charge in [0.2, 0.25) is 0 Å². The topological polar surface area (TPSA) is 94.1 Å². The molecule has 2 heterocycles. The summed E-state index contributed by atoms with van der Waals surface area (Å²) < 4.78 is 16.8. The highest BCUT2D eigenvalue weighted by Crippen LogP contribution is 2.47. The molecule has 36 heavy (non-hydrogen) atoms. The Bertz CT molecular complexity index is 1240. The molecule has 0 bridgehead atoms. The van der Waals surface area contributed by atoms with Crippen molar-refractivity contribution in [3.05, 3.63) is 82.2 Å². The van der Waals surface area contributed by atoms with Gasteiger partial charge in [0.05, 0.1) is 18.8 Å². The molecule has 2 aromatic carbocycles. The van der Waals surface area contributed by atoms with Gasteiger partial charge >= 0.3 is 5.97 Å². The molecule has 1 aliphatic carbocycles. The number of aromatic hydroxyl groups is 1. The molecule has 3 aliphatic rings. The Kier molecular flexibility index (Phi) is 6.83. The Labute approximate surface area is 210 Å². The molecular formula is C29H31NO6. The molecule has 3 atom stereocenters. The lowest BCUT2D eigenvalue weighted by atomic mass is 9.71. The van der Waals surface area contributed by atoms with E-state index in [0.717, 1.165) is 29.9 Å². The number of Topliss-reactive ketones (excluding diaryl/α,β-unsaturated/α-hetero) is 1. The zero-order valence-electron chi connectivity index (χ0n) is 20.6. The fraction of sp³-hybridized carbons (Fsp3) is 0.379. The third-order valence-corrected chi connectivity index (χ3v) is 7.25. The molecule has 2 aromatic rings. The maximum Gasteiger partial charge on any atom is 0.336 e. The minimum absolute atomic E-state index is 0.0371. The number of phenols is 1. The van der Waals surface area contributed by atoms with Crippen molar-refractivity contribution in [2.75, 3.05) is 20.3 Å². The lowest BCUT2D eigenvalue weighted by Crippen LogP contribution is -2.36. The maximum absolute atomic E-state index is 13.7. The van der Waals surface area contributed by atoms with Crippen molar-refractivity contribution in [3.63, 3.8) is 0 Å². The van der Waals surface area contributed by atoms with Gasteiger partial charge in [-0.1, -0.05) is 30.3 Å². The van der Waals surface area contributed by atoms with Gasteiger partial charge in [-0.3, -0.25) is 4.79 Å². The maximum atomic E-state index is 13.7. The number of benzene rings is 2. The predicted octanol–water partition coefficient (Wildman–Crippen LogP) is 4.48. The molecule has 2 aliphatic heterocycles. The Morgan fingerprint density at radius 2 is 2.00 bits per heavy atom. The largest absolute Gasteiger partial charge is 0.508 e. The third kappa shape index (κ3) is 4.63. The summed E-state index contributed by atoms with van der Waals surface area (Å²) in [6.45, 7) is 2.69. The summed E-state index contributed by atoms with van der Waals surface area (Å²) in [4.78, 5) is 27.1. The predicted molar refractivity (Wildman–Crippen MR) is 134 cm³/mol. The van der Waals surface area contributed by atoms with Crippen LogP contribution in [0.2, 0.25) is 0 Å². The number of rotatable bonds is 6. The van der Waals surface area contributed by atoms with E-state index >= 15 is 0 Å². The molecular weight excluding hydrogens is 458 g/mol. The number of ketones is 1. The van der Waals surface area contributed by atoms with E-state index in [2.05, 4.69) is 5.32 Å². The molecule has 2 N–H and O–H groups in total. The van der Waals surface area contributed by atoms with Gasteiger partial charge in [0.15, 0.2) is 5.78 Å². The second-order valence-corrected chi connectivity index (χ2v) is 9.59. The average Bonchev–Trinajstić information content (AvgIpc) is 3.40. The lowest BCUT2D eigenvalue weighted by Gasteiger charge is -2.37. The van der Waals surface area contributed by atoms with Crippen LogP contribution in [0.15, 0.2) is 71.1 Å². The fourth-order valence-electron chi connectivity index (χ4n) is 5.59. The molecule has 188 valence electrons. The van der Waals surface area contributed by atoms with Crippen molar-refractivity contribution in [1.29, 1.82) is 0 Å². The van der Waals surface area contributed by atoms with Gasteiger partial charge in [-0.15, -0.1) is 0 Å². The molecule has 1 saturated heterocycles. The van der Waals surface area contributed by atoms with Crippen LogP contribution in [-0.4, -0.2) is 43.3 Å². The van der Waals surface area contributed by atoms with Crippen LogP contribution in [0.3, 0.4) is 0 Å². The number of carbonyl (C=O) groups excluding carboxylic acids is 2. The molecule has 7 heteroatoms. The zero-order chi connectivity index (χ0) is 25.2. The Balaban J connectivity index is 1.51. The van der Waals surface area contributed by atoms with Crippen LogP contribution >= 0.6 is 0 Å². The van der Waals surface area contributed by atoms with Gasteiger partial charge in [0.25, 0.3) is 0 Å². The van der Waals surface area contributed by atoms with Crippen LogP contribution in [-0.2, 0) is 19.1 Å². The van der Waals surface area contributed by atoms with Gasteiger partial charge in [-0.25, -0.2) is 4.79 Å². The summed E-state index contributed by atoms with van der Waals surface area (Å²) in [5, 5.41) is 13.6. The standard InChI is InChI=1S/C29H31NO6/c1-17-26(29(33)36-16-21-9-6-12-35-21)27(18-7-5-8-20(31)13-18)28-23(30-17)14-19(15-24(28)32)22-10-3-4-11-25(22)34-2/h3-5,7-8,10-11,13,19,21,27,30-31H,6,9,12,14-16H2,1-2H3/t19-,21-,27-/m0/s1. The van der Waals surface area contributed by atoms with Gasteiger partial charge in [0, 0.05) is 41.8 Å². The number of hydrogen-bond acceptors (Lipinski definition) is 7. The molecule has 7 nitrogen and oxygen atoms in total. The van der Waals surface area contributed by atoms with Gasteiger partial charge in [-0.2, -0.15) is 0 Å². The Hall–Kier alpha value is -3.58. The van der Waals surface area contributed by atoms with E-state index < -0.39 is 11.9 Å². The summed E-state index contributed by atoms with van der Waals surface area (Å²) in [5.41, 5.74) is 4.05. The average molecular weight is 490 g/mol. The highest BCUT2D eigenvalue weighted by atomic mass is 16.6. The normalized spacial score (nSPS) is 23.8. The Morgan fingerprint density at radius 1 is 1.17 bits per heavy atom. The number of phenolic OH excluding ortho intramolecular Hbond substituents is 1. The number of nitrogens with one attached hydrogen (secondary N) is 1. The highest BCUT2D eigenvalue weighted by Gasteiger charge is 2.42. The second-order valence-electron chi connectivity index (χ2n) is 9.59. The van der Waals surface area contributed by atoms with Crippen molar-refractivity contribution in [3.8, 4) is 11.5 Å². The molecule has 0 radical (unpaired) electrons. The van der Waals surface area contributed by atoms with Gasteiger partial charge in [0.1, 0.15) is 18.1 Å². The van der Waals surface area contributed by atoms with E-state index in [9.17, 15) is 14.7 Å². The SMILES string of the molecule is COc1ccccc1[C@@H]1CC(=O)C2=C(C1)NC(C)=C(C(=O)OC[C@@H]1CCCO1)[C@@H]2c1cccc(O)c1. The van der Waals surface area contributed by atoms with Crippen LogP contribution in [0.25, 0.3) is 0 Å². The summed E-state index contributed by atoms with van der Waals surface area (Å²) in [7, 11) is 1.63. The Morgan fingerprint density at radius 3 is 2.75 bits per heavy atom. The first-order chi connectivity index (χ1) is 17.5. The quantitative estimate of drug-likeness (QED) is 0.578. The van der Waals surface area contributed by atoms with E-state index in [1.807, 2.05) is 37.3 Å². The van der Waals surface area contributed by atoms with Crippen LogP contribution < -0.4 is 10.1 Å². The molecule has 0 aromatic heterocycles. The van der Waals surface area contributed by atoms with Crippen LogP contribution in [0.5, 0.6) is 11.5 Å². The van der Waals surface area contributed by atoms with Crippen molar-refractivity contribution >= 4 is 11.8 Å². The number of hydrogen-bond donors (Lipinski definition) is 2. The first-order valence-corrected chi connectivity index (χ1v) is 12.4. The number of ether oxygens (including phenoxy) is 3. The third-order valence-electron chi connectivity index (χ3n) is 7.25. The smallest absolute Gasteiger partial charge is 0.336 e. The molecule has 0 saturated carbocycles. The second kappa shape index (κ2) is 10.2. The van der Waals surface area contributed by atoms with Crippen LogP contribution in [0, 0.1) is 0 Å². The van der Waals surface area contributed by atoms with Gasteiger partial charge < -0.3 is 24.6 Å². The molecule has 0 unspecified atom stereocenters. The minimum Gasteiger partial charge on any atom is -0.508 e. The molecule has 0 amide bonds. The van der Waals surface area contributed by atoms with Crippen molar-refractivity contribution in [1.82, 2.24) is 5.32 Å². The first kappa shape index (κ1) is 24.1. The molecule has 0 spiro atoms.